The van der Waals surface area contributed by atoms with E-state index in [1.165, 1.54) is 12.1 Å². The van der Waals surface area contributed by atoms with Crippen LogP contribution in [0.25, 0.3) is 0 Å². The number of hydrogen-bond acceptors (Lipinski definition) is 6. The predicted molar refractivity (Wildman–Crippen MR) is 90.7 cm³/mol. The van der Waals surface area contributed by atoms with E-state index in [-0.39, 0.29) is 17.0 Å². The molecule has 0 bridgehead atoms. The van der Waals surface area contributed by atoms with Crippen molar-refractivity contribution in [2.24, 2.45) is 0 Å². The topological polar surface area (TPSA) is 143 Å². The van der Waals surface area contributed by atoms with E-state index in [0.717, 1.165) is 6.20 Å². The third-order valence-electron chi connectivity index (χ3n) is 3.11. The molecular formula is C16H15N3O6S. The van der Waals surface area contributed by atoms with Crippen LogP contribution in [0.1, 0.15) is 26.4 Å². The van der Waals surface area contributed by atoms with Gasteiger partial charge in [-0.1, -0.05) is 30.3 Å². The van der Waals surface area contributed by atoms with Gasteiger partial charge in [0.05, 0.1) is 11.3 Å². The number of nitrogens with one attached hydrogen (secondary N) is 2. The van der Waals surface area contributed by atoms with E-state index in [2.05, 4.69) is 10.3 Å². The van der Waals surface area contributed by atoms with Crippen molar-refractivity contribution in [1.29, 1.82) is 0 Å². The zero-order chi connectivity index (χ0) is 19.2. The molecule has 0 unspecified atom stereocenters. The number of carbonyl (C=O) groups excluding carboxylic acids is 2. The molecule has 0 aliphatic carbocycles. The minimum Gasteiger partial charge on any atom is -0.480 e. The SMILES string of the molecule is O=C(O)CNC(=O)c1ccc(C(=O)NS(=O)(=O)Cc2ccccc2)cn1. The number of benzene rings is 1. The fourth-order valence-corrected chi connectivity index (χ4v) is 3.04. The molecule has 0 fully saturated rings. The Morgan fingerprint density at radius 1 is 1.00 bits per heavy atom. The van der Waals surface area contributed by atoms with E-state index >= 15 is 0 Å². The number of amides is 2. The highest BCUT2D eigenvalue weighted by Gasteiger charge is 2.18. The summed E-state index contributed by atoms with van der Waals surface area (Å²) >= 11 is 0. The quantitative estimate of drug-likeness (QED) is 0.623. The fourth-order valence-electron chi connectivity index (χ4n) is 1.94. The van der Waals surface area contributed by atoms with Crippen molar-refractivity contribution in [3.05, 3.63) is 65.5 Å². The van der Waals surface area contributed by atoms with Crippen LogP contribution in [0.15, 0.2) is 48.7 Å². The Labute approximate surface area is 149 Å². The van der Waals surface area contributed by atoms with Gasteiger partial charge in [-0.15, -0.1) is 0 Å². The fraction of sp³-hybridized carbons (Fsp3) is 0.125. The molecule has 26 heavy (non-hydrogen) atoms. The molecule has 2 amide bonds. The van der Waals surface area contributed by atoms with Gasteiger partial charge in [0, 0.05) is 6.20 Å². The van der Waals surface area contributed by atoms with E-state index in [1.54, 1.807) is 30.3 Å². The van der Waals surface area contributed by atoms with Crippen molar-refractivity contribution < 1.29 is 27.9 Å². The lowest BCUT2D eigenvalue weighted by atomic mass is 10.2. The number of nitrogens with zero attached hydrogens (tertiary/aromatic N) is 1. The molecule has 0 aliphatic rings. The largest absolute Gasteiger partial charge is 0.480 e. The molecule has 1 aromatic heterocycles. The van der Waals surface area contributed by atoms with Crippen LogP contribution in [0.2, 0.25) is 0 Å². The third-order valence-corrected chi connectivity index (χ3v) is 4.32. The lowest BCUT2D eigenvalue weighted by Gasteiger charge is -2.07. The highest BCUT2D eigenvalue weighted by atomic mass is 32.2. The normalized spacial score (nSPS) is 10.8. The minimum atomic E-state index is -3.90. The van der Waals surface area contributed by atoms with Crippen LogP contribution >= 0.6 is 0 Å². The number of aromatic nitrogens is 1. The van der Waals surface area contributed by atoms with Gasteiger partial charge in [0.2, 0.25) is 10.0 Å². The molecule has 10 heteroatoms. The monoisotopic (exact) mass is 377 g/mol. The van der Waals surface area contributed by atoms with Crippen LogP contribution in [-0.4, -0.2) is 42.8 Å². The number of carboxylic acids is 1. The minimum absolute atomic E-state index is 0.0589. The summed E-state index contributed by atoms with van der Waals surface area (Å²) in [5, 5.41) is 10.6. The van der Waals surface area contributed by atoms with Crippen molar-refractivity contribution in [3.63, 3.8) is 0 Å². The maximum atomic E-state index is 12.0. The van der Waals surface area contributed by atoms with Crippen LogP contribution in [-0.2, 0) is 20.6 Å². The first kappa shape index (κ1) is 19.1. The number of carboxylic acid groups (broad SMARTS) is 1. The molecule has 2 aromatic rings. The molecule has 0 aliphatic heterocycles. The molecule has 0 saturated carbocycles. The molecule has 9 nitrogen and oxygen atoms in total. The average molecular weight is 377 g/mol. The molecule has 136 valence electrons. The Morgan fingerprint density at radius 2 is 1.69 bits per heavy atom. The maximum absolute atomic E-state index is 12.0. The van der Waals surface area contributed by atoms with Gasteiger partial charge in [-0.05, 0) is 17.7 Å². The summed E-state index contributed by atoms with van der Waals surface area (Å²) in [5.74, 6) is -3.18. The van der Waals surface area contributed by atoms with Gasteiger partial charge >= 0.3 is 5.97 Å². The van der Waals surface area contributed by atoms with Crippen molar-refractivity contribution in [2.45, 2.75) is 5.75 Å². The number of pyridine rings is 1. The van der Waals surface area contributed by atoms with E-state index in [0.29, 0.717) is 5.56 Å². The smallest absolute Gasteiger partial charge is 0.322 e. The Hall–Kier alpha value is -3.27. The summed E-state index contributed by atoms with van der Waals surface area (Å²) in [5.41, 5.74) is 0.364. The number of aliphatic carboxylic acids is 1. The van der Waals surface area contributed by atoms with Crippen molar-refractivity contribution in [1.82, 2.24) is 15.0 Å². The first-order chi connectivity index (χ1) is 12.3. The summed E-state index contributed by atoms with van der Waals surface area (Å²) in [6.45, 7) is -0.569. The predicted octanol–water partition coefficient (Wildman–Crippen LogP) is 0.156. The van der Waals surface area contributed by atoms with Gasteiger partial charge < -0.3 is 10.4 Å². The maximum Gasteiger partial charge on any atom is 0.322 e. The van der Waals surface area contributed by atoms with Crippen LogP contribution in [0.4, 0.5) is 0 Å². The van der Waals surface area contributed by atoms with Gasteiger partial charge in [-0.2, -0.15) is 0 Å². The Balaban J connectivity index is 2.01. The molecule has 0 radical (unpaired) electrons. The standard InChI is InChI=1S/C16H15N3O6S/c20-14(21)9-18-16(23)13-7-6-12(8-17-13)15(22)19-26(24,25)10-11-4-2-1-3-5-11/h1-8H,9-10H2,(H,18,23)(H,19,22)(H,20,21). The molecule has 3 N–H and O–H groups in total. The number of sulfonamides is 1. The summed E-state index contributed by atoms with van der Waals surface area (Å²) in [4.78, 5) is 37.8. The second kappa shape index (κ2) is 8.21. The van der Waals surface area contributed by atoms with E-state index < -0.39 is 34.4 Å². The molecule has 0 spiro atoms. The molecular weight excluding hydrogens is 362 g/mol. The van der Waals surface area contributed by atoms with E-state index in [1.807, 2.05) is 4.72 Å². The van der Waals surface area contributed by atoms with Crippen molar-refractivity contribution in [3.8, 4) is 0 Å². The number of rotatable bonds is 7. The first-order valence-corrected chi connectivity index (χ1v) is 8.97. The third kappa shape index (κ3) is 5.67. The average Bonchev–Trinajstić information content (AvgIpc) is 2.59. The summed E-state index contributed by atoms with van der Waals surface area (Å²) in [7, 11) is -3.90. The number of carbonyl (C=O) groups is 3. The van der Waals surface area contributed by atoms with Crippen molar-refractivity contribution >= 4 is 27.8 Å². The van der Waals surface area contributed by atoms with E-state index in [4.69, 9.17) is 5.11 Å². The zero-order valence-electron chi connectivity index (χ0n) is 13.4. The van der Waals surface area contributed by atoms with Crippen LogP contribution in [0, 0.1) is 0 Å². The summed E-state index contributed by atoms with van der Waals surface area (Å²) < 4.78 is 26.0. The zero-order valence-corrected chi connectivity index (χ0v) is 14.2. The highest BCUT2D eigenvalue weighted by molar-refractivity contribution is 7.89. The Morgan fingerprint density at radius 3 is 2.27 bits per heavy atom. The summed E-state index contributed by atoms with van der Waals surface area (Å²) in [6.07, 6.45) is 1.03. The molecule has 1 aromatic carbocycles. The lowest BCUT2D eigenvalue weighted by molar-refractivity contribution is -0.135. The van der Waals surface area contributed by atoms with Gasteiger partial charge in [0.15, 0.2) is 0 Å². The first-order valence-electron chi connectivity index (χ1n) is 7.31. The Kier molecular flexibility index (Phi) is 6.02. The molecule has 1 heterocycles. The van der Waals surface area contributed by atoms with Gasteiger partial charge in [-0.3, -0.25) is 19.4 Å². The van der Waals surface area contributed by atoms with Crippen LogP contribution in [0.5, 0.6) is 0 Å². The Bertz CT molecular complexity index is 911. The lowest BCUT2D eigenvalue weighted by Crippen LogP contribution is -2.32. The van der Waals surface area contributed by atoms with Crippen molar-refractivity contribution in [2.75, 3.05) is 6.54 Å². The second-order valence-electron chi connectivity index (χ2n) is 5.18. The van der Waals surface area contributed by atoms with Gasteiger partial charge in [0.1, 0.15) is 12.2 Å². The number of hydrogen-bond donors (Lipinski definition) is 3. The highest BCUT2D eigenvalue weighted by Crippen LogP contribution is 2.06. The molecule has 0 saturated heterocycles. The summed E-state index contributed by atoms with van der Waals surface area (Å²) in [6, 6.07) is 10.8. The van der Waals surface area contributed by atoms with E-state index in [9.17, 15) is 22.8 Å². The second-order valence-corrected chi connectivity index (χ2v) is 6.91. The molecule has 0 atom stereocenters. The molecule has 2 rings (SSSR count). The van der Waals surface area contributed by atoms with Gasteiger partial charge in [0.25, 0.3) is 11.8 Å². The van der Waals surface area contributed by atoms with Crippen LogP contribution < -0.4 is 10.0 Å². The van der Waals surface area contributed by atoms with Gasteiger partial charge in [-0.25, -0.2) is 13.1 Å². The van der Waals surface area contributed by atoms with Crippen LogP contribution in [0.3, 0.4) is 0 Å².